The molecule has 2 fully saturated rings. The van der Waals surface area contributed by atoms with Crippen molar-refractivity contribution in [2.45, 2.75) is 49.9 Å². The molecule has 2 aromatic heterocycles. The molecule has 6 aromatic rings. The molecule has 58 heavy (non-hydrogen) atoms. The smallest absolute Gasteiger partial charge is 0.405 e. The molecule has 1 unspecified atom stereocenters. The second kappa shape index (κ2) is 16.5. The topological polar surface area (TPSA) is 151 Å². The van der Waals surface area contributed by atoms with Crippen LogP contribution in [0.3, 0.4) is 0 Å². The molecule has 8 rings (SSSR count). The number of carboxylic acid groups (broad SMARTS) is 1. The van der Waals surface area contributed by atoms with Gasteiger partial charge in [-0.1, -0.05) is 91.0 Å². The van der Waals surface area contributed by atoms with Gasteiger partial charge in [0.25, 0.3) is 5.91 Å². The van der Waals surface area contributed by atoms with Gasteiger partial charge >= 0.3 is 6.09 Å². The van der Waals surface area contributed by atoms with E-state index in [2.05, 4.69) is 44.5 Å². The molecule has 12 nitrogen and oxygen atoms in total. The van der Waals surface area contributed by atoms with Crippen molar-refractivity contribution in [1.82, 2.24) is 40.0 Å². The van der Waals surface area contributed by atoms with Crippen LogP contribution in [0.2, 0.25) is 0 Å². The molecule has 4 aromatic carbocycles. The van der Waals surface area contributed by atoms with Crippen LogP contribution in [-0.4, -0.2) is 84.8 Å². The number of carbonyl (C=O) groups is 3. The zero-order valence-corrected chi connectivity index (χ0v) is 32.3. The van der Waals surface area contributed by atoms with Crippen molar-refractivity contribution in [2.75, 3.05) is 27.2 Å². The number of halogens is 1. The van der Waals surface area contributed by atoms with Crippen LogP contribution in [0.15, 0.2) is 116 Å². The molecule has 0 spiro atoms. The van der Waals surface area contributed by atoms with Crippen LogP contribution in [0.4, 0.5) is 9.18 Å². The van der Waals surface area contributed by atoms with Gasteiger partial charge in [0.05, 0.1) is 35.9 Å². The van der Waals surface area contributed by atoms with Gasteiger partial charge < -0.3 is 30.2 Å². The minimum Gasteiger partial charge on any atom is -0.465 e. The van der Waals surface area contributed by atoms with Gasteiger partial charge in [0.1, 0.15) is 29.5 Å². The number of imidazole rings is 2. The Hall–Kier alpha value is -6.60. The highest BCUT2D eigenvalue weighted by molar-refractivity contribution is 5.87. The largest absolute Gasteiger partial charge is 0.465 e. The van der Waals surface area contributed by atoms with E-state index >= 15 is 0 Å². The molecule has 0 saturated carbocycles. The van der Waals surface area contributed by atoms with E-state index in [0.29, 0.717) is 30.0 Å². The van der Waals surface area contributed by atoms with Gasteiger partial charge in [0, 0.05) is 13.1 Å². The summed E-state index contributed by atoms with van der Waals surface area (Å²) in [5.74, 6) is 0.656. The lowest BCUT2D eigenvalue weighted by Crippen LogP contribution is -2.42. The SMILES string of the molecule is CN(C)C(C(=O)N1CCC[C@H]1c1ncc(-c2ccc(-c3ccc(-c4cnc([C@@H]5CCCN5C(=O)[C@H](NC(=O)O)c5ccccc5)[nH]4)cc3)cc2)[nH]1)c1cccc(F)c1. The first-order valence-electron chi connectivity index (χ1n) is 19.5. The highest BCUT2D eigenvalue weighted by Crippen LogP contribution is 2.37. The molecule has 3 amide bonds. The Bertz CT molecular complexity index is 2400. The summed E-state index contributed by atoms with van der Waals surface area (Å²) in [6.45, 7) is 1.12. The maximum atomic E-state index is 14.1. The first kappa shape index (κ1) is 38.3. The number of H-pyrrole nitrogens is 2. The Kier molecular flexibility index (Phi) is 10.9. The van der Waals surface area contributed by atoms with Gasteiger partial charge in [-0.25, -0.2) is 19.2 Å². The van der Waals surface area contributed by atoms with Crippen LogP contribution < -0.4 is 5.32 Å². The van der Waals surface area contributed by atoms with Gasteiger partial charge in [0.15, 0.2) is 0 Å². The Morgan fingerprint density at radius 1 is 0.707 bits per heavy atom. The second-order valence-corrected chi connectivity index (χ2v) is 15.1. The number of rotatable bonds is 11. The summed E-state index contributed by atoms with van der Waals surface area (Å²) < 4.78 is 14.1. The zero-order valence-electron chi connectivity index (χ0n) is 32.3. The van der Waals surface area contributed by atoms with E-state index < -0.39 is 18.2 Å². The first-order chi connectivity index (χ1) is 28.1. The van der Waals surface area contributed by atoms with Gasteiger partial charge in [0.2, 0.25) is 5.91 Å². The van der Waals surface area contributed by atoms with Crippen LogP contribution in [-0.2, 0) is 9.59 Å². The van der Waals surface area contributed by atoms with E-state index in [4.69, 9.17) is 4.98 Å². The van der Waals surface area contributed by atoms with Crippen molar-refractivity contribution in [3.8, 4) is 33.6 Å². The Morgan fingerprint density at radius 3 is 1.71 bits per heavy atom. The Labute approximate surface area is 335 Å². The van der Waals surface area contributed by atoms with Crippen molar-refractivity contribution in [3.63, 3.8) is 0 Å². The average Bonchev–Trinajstić information content (AvgIpc) is 4.07. The van der Waals surface area contributed by atoms with Crippen LogP contribution in [0.5, 0.6) is 0 Å². The summed E-state index contributed by atoms with van der Waals surface area (Å²) in [5, 5.41) is 11.9. The first-order valence-corrected chi connectivity index (χ1v) is 19.5. The standard InChI is InChI=1S/C45H45FN8O4/c1-52(2)40(33-11-6-12-34(46)25-33)44(56)54-24-8-14-38(54)42-48-27-36(50-42)31-21-17-29(18-22-31)28-15-19-30(20-16-28)35-26-47-41(49-35)37-13-7-23-53(37)43(55)39(51-45(57)58)32-9-4-3-5-10-32/h3-6,9-12,15-22,25-27,37-40,51H,7-8,13-14,23-24H2,1-2H3,(H,47,49)(H,48,50)(H,57,58)/t37-,38-,39+,40?/m0/s1. The lowest BCUT2D eigenvalue weighted by molar-refractivity contribution is -0.137. The molecule has 4 atom stereocenters. The van der Waals surface area contributed by atoms with E-state index in [1.165, 1.54) is 12.1 Å². The highest BCUT2D eigenvalue weighted by Gasteiger charge is 2.38. The predicted molar refractivity (Wildman–Crippen MR) is 218 cm³/mol. The molecular weight excluding hydrogens is 736 g/mol. The summed E-state index contributed by atoms with van der Waals surface area (Å²) in [6, 6.07) is 29.4. The molecular formula is C45H45FN8O4. The van der Waals surface area contributed by atoms with Crippen molar-refractivity contribution in [3.05, 3.63) is 144 Å². The minimum atomic E-state index is -1.26. The van der Waals surface area contributed by atoms with Gasteiger partial charge in [-0.05, 0) is 85.3 Å². The third-order valence-electron chi connectivity index (χ3n) is 11.2. The van der Waals surface area contributed by atoms with E-state index in [1.807, 2.05) is 60.4 Å². The molecule has 4 N–H and O–H groups in total. The molecule has 0 bridgehead atoms. The van der Waals surface area contributed by atoms with Crippen molar-refractivity contribution < 1.29 is 23.9 Å². The number of benzene rings is 4. The number of aromatic amines is 2. The fraction of sp³-hybridized carbons (Fsp3) is 0.267. The summed E-state index contributed by atoms with van der Waals surface area (Å²) in [4.78, 5) is 60.9. The summed E-state index contributed by atoms with van der Waals surface area (Å²) in [5.41, 5.74) is 6.90. The summed E-state index contributed by atoms with van der Waals surface area (Å²) >= 11 is 0. The zero-order chi connectivity index (χ0) is 40.3. The molecule has 2 saturated heterocycles. The quantitative estimate of drug-likeness (QED) is 0.104. The maximum absolute atomic E-state index is 14.1. The molecule has 0 aliphatic carbocycles. The Balaban J connectivity index is 0.930. The van der Waals surface area contributed by atoms with Crippen LogP contribution in [0.25, 0.3) is 33.6 Å². The molecule has 4 heterocycles. The van der Waals surface area contributed by atoms with Crippen molar-refractivity contribution in [2.24, 2.45) is 0 Å². The number of likely N-dealkylation sites (tertiary alicyclic amines) is 2. The fourth-order valence-corrected chi connectivity index (χ4v) is 8.34. The van der Waals surface area contributed by atoms with E-state index in [0.717, 1.165) is 65.1 Å². The average molecular weight is 781 g/mol. The van der Waals surface area contributed by atoms with Gasteiger partial charge in [-0.15, -0.1) is 0 Å². The predicted octanol–water partition coefficient (Wildman–Crippen LogP) is 7.91. The third kappa shape index (κ3) is 7.85. The van der Waals surface area contributed by atoms with E-state index in [1.54, 1.807) is 47.5 Å². The molecule has 296 valence electrons. The van der Waals surface area contributed by atoms with Crippen LogP contribution in [0, 0.1) is 5.82 Å². The maximum Gasteiger partial charge on any atom is 0.405 e. The highest BCUT2D eigenvalue weighted by atomic mass is 19.1. The lowest BCUT2D eigenvalue weighted by Gasteiger charge is -2.31. The summed E-state index contributed by atoms with van der Waals surface area (Å²) in [7, 11) is 3.67. The second-order valence-electron chi connectivity index (χ2n) is 15.1. The van der Waals surface area contributed by atoms with Crippen molar-refractivity contribution in [1.29, 1.82) is 0 Å². The van der Waals surface area contributed by atoms with Crippen LogP contribution >= 0.6 is 0 Å². The van der Waals surface area contributed by atoms with Crippen molar-refractivity contribution >= 4 is 17.9 Å². The lowest BCUT2D eigenvalue weighted by atomic mass is 10.0. The van der Waals surface area contributed by atoms with Gasteiger partial charge in [-0.3, -0.25) is 14.5 Å². The number of hydrogen-bond acceptors (Lipinski definition) is 6. The summed E-state index contributed by atoms with van der Waals surface area (Å²) in [6.07, 6.45) is 5.47. The molecule has 0 radical (unpaired) electrons. The fourth-order valence-electron chi connectivity index (χ4n) is 8.34. The normalized spacial score (nSPS) is 17.7. The number of amides is 3. The number of aromatic nitrogens is 4. The number of nitrogens with zero attached hydrogens (tertiary/aromatic N) is 5. The molecule has 2 aliphatic heterocycles. The number of carbonyl (C=O) groups excluding carboxylic acids is 2. The Morgan fingerprint density at radius 2 is 1.21 bits per heavy atom. The number of likely N-dealkylation sites (N-methyl/N-ethyl adjacent to an activating group) is 1. The van der Waals surface area contributed by atoms with E-state index in [-0.39, 0.29) is 29.7 Å². The molecule has 13 heteroatoms. The minimum absolute atomic E-state index is 0.0729. The van der Waals surface area contributed by atoms with E-state index in [9.17, 15) is 23.9 Å². The monoisotopic (exact) mass is 780 g/mol. The van der Waals surface area contributed by atoms with Gasteiger partial charge in [-0.2, -0.15) is 0 Å². The third-order valence-corrected chi connectivity index (χ3v) is 11.2. The number of nitrogens with one attached hydrogen (secondary N) is 3. The van der Waals surface area contributed by atoms with Crippen LogP contribution in [0.1, 0.15) is 72.6 Å². The number of hydrogen-bond donors (Lipinski definition) is 4. The molecule has 2 aliphatic rings.